The van der Waals surface area contributed by atoms with Crippen molar-refractivity contribution >= 4 is 7.82 Å². The number of hydrogen-bond acceptors (Lipinski definition) is 5. The van der Waals surface area contributed by atoms with E-state index in [2.05, 4.69) is 9.51 Å². The molecule has 18 heavy (non-hydrogen) atoms. The van der Waals surface area contributed by atoms with Crippen LogP contribution < -0.4 is 4.57 Å². The average molecular weight is 277 g/mol. The highest BCUT2D eigenvalue weighted by Crippen LogP contribution is 2.37. The number of ether oxygens (including phenoxy) is 1. The van der Waals surface area contributed by atoms with Crippen molar-refractivity contribution in [1.29, 1.82) is 0 Å². The molecule has 1 aromatic rings. The van der Waals surface area contributed by atoms with Gasteiger partial charge in [-0.25, -0.2) is 9.13 Å². The Hall–Kier alpha value is -0.890. The third-order valence-corrected chi connectivity index (χ3v) is 3.06. The number of rotatable bonds is 4. The molecule has 8 nitrogen and oxygen atoms in total. The molecular formula is C9H14N2O6P+. The number of hydrogen-bond donors (Lipinski definition) is 3. The van der Waals surface area contributed by atoms with Crippen molar-refractivity contribution in [3.63, 3.8) is 0 Å². The molecule has 1 aliphatic rings. The Kier molecular flexibility index (Phi) is 4.06. The fourth-order valence-electron chi connectivity index (χ4n) is 1.73. The van der Waals surface area contributed by atoms with Crippen LogP contribution in [0.25, 0.3) is 0 Å². The molecule has 0 spiro atoms. The molecule has 0 unspecified atom stereocenters. The van der Waals surface area contributed by atoms with E-state index in [1.807, 2.05) is 0 Å². The lowest BCUT2D eigenvalue weighted by molar-refractivity contribution is -0.761. The third kappa shape index (κ3) is 3.55. The Morgan fingerprint density at radius 3 is 2.94 bits per heavy atom. The van der Waals surface area contributed by atoms with E-state index in [1.54, 1.807) is 29.4 Å². The van der Waals surface area contributed by atoms with Crippen molar-refractivity contribution < 1.29 is 33.3 Å². The zero-order valence-corrected chi connectivity index (χ0v) is 10.3. The maximum Gasteiger partial charge on any atom is 0.469 e. The van der Waals surface area contributed by atoms with Crippen LogP contribution >= 0.6 is 7.82 Å². The van der Waals surface area contributed by atoms with Gasteiger partial charge >= 0.3 is 7.82 Å². The lowest BCUT2D eigenvalue weighted by Crippen LogP contribution is -2.39. The van der Waals surface area contributed by atoms with Crippen LogP contribution in [0.5, 0.6) is 0 Å². The minimum Gasteiger partial charge on any atom is -0.390 e. The van der Waals surface area contributed by atoms with Crippen molar-refractivity contribution in [2.75, 3.05) is 6.61 Å². The molecule has 100 valence electrons. The van der Waals surface area contributed by atoms with Gasteiger partial charge in [0.1, 0.15) is 12.3 Å². The summed E-state index contributed by atoms with van der Waals surface area (Å²) in [6, 6.07) is 1.72. The predicted molar refractivity (Wildman–Crippen MR) is 57.0 cm³/mol. The van der Waals surface area contributed by atoms with Gasteiger partial charge < -0.3 is 19.6 Å². The van der Waals surface area contributed by atoms with Crippen LogP contribution in [0.2, 0.25) is 0 Å². The van der Waals surface area contributed by atoms with Crippen molar-refractivity contribution in [2.45, 2.75) is 24.9 Å². The topological polar surface area (TPSA) is 113 Å². The minimum absolute atomic E-state index is 0.311. The van der Waals surface area contributed by atoms with Gasteiger partial charge in [0.05, 0.1) is 18.9 Å². The highest BCUT2D eigenvalue weighted by Gasteiger charge is 2.38. The first kappa shape index (κ1) is 13.5. The highest BCUT2D eigenvalue weighted by atomic mass is 31.2. The first-order chi connectivity index (χ1) is 8.46. The Balaban J connectivity index is 1.95. The Morgan fingerprint density at radius 1 is 1.56 bits per heavy atom. The van der Waals surface area contributed by atoms with Crippen molar-refractivity contribution in [3.05, 3.63) is 24.8 Å². The maximum atomic E-state index is 10.6. The fourth-order valence-corrected chi connectivity index (χ4v) is 2.07. The predicted octanol–water partition coefficient (Wildman–Crippen LogP) is -0.873. The molecule has 0 bridgehead atoms. The molecule has 2 heterocycles. The highest BCUT2D eigenvalue weighted by molar-refractivity contribution is 7.46. The first-order valence-corrected chi connectivity index (χ1v) is 6.83. The molecule has 3 atom stereocenters. The summed E-state index contributed by atoms with van der Waals surface area (Å²) < 4.78 is 22.0. The van der Waals surface area contributed by atoms with E-state index in [4.69, 9.17) is 14.5 Å². The van der Waals surface area contributed by atoms with Crippen LogP contribution in [-0.4, -0.2) is 38.7 Å². The number of nitrogens with zero attached hydrogens (tertiary/aromatic N) is 2. The Labute approximate surface area is 103 Å². The fraction of sp³-hybridized carbons (Fsp3) is 0.556. The number of aliphatic hydroxyl groups excluding tert-OH is 1. The average Bonchev–Trinajstić information content (AvgIpc) is 2.68. The van der Waals surface area contributed by atoms with Gasteiger partial charge in [-0.2, -0.15) is 0 Å². The number of aliphatic hydroxyl groups is 1. The van der Waals surface area contributed by atoms with Crippen LogP contribution in [-0.2, 0) is 13.8 Å². The van der Waals surface area contributed by atoms with Crippen LogP contribution in [0.3, 0.4) is 0 Å². The summed E-state index contributed by atoms with van der Waals surface area (Å²) in [7, 11) is -4.55. The van der Waals surface area contributed by atoms with Gasteiger partial charge in [0.2, 0.25) is 6.23 Å². The molecule has 2 rings (SSSR count). The third-order valence-electron chi connectivity index (χ3n) is 2.57. The van der Waals surface area contributed by atoms with E-state index >= 15 is 0 Å². The summed E-state index contributed by atoms with van der Waals surface area (Å²) >= 11 is 0. The van der Waals surface area contributed by atoms with Crippen molar-refractivity contribution in [3.8, 4) is 0 Å². The quantitative estimate of drug-likeness (QED) is 0.484. The summed E-state index contributed by atoms with van der Waals surface area (Å²) in [5, 5.41) is 9.73. The molecular weight excluding hydrogens is 263 g/mol. The number of phosphoric acid groups is 1. The molecule has 1 aliphatic heterocycles. The van der Waals surface area contributed by atoms with Gasteiger partial charge in [-0.1, -0.05) is 4.98 Å². The molecule has 9 heteroatoms. The van der Waals surface area contributed by atoms with E-state index in [9.17, 15) is 9.67 Å². The smallest absolute Gasteiger partial charge is 0.390 e. The molecule has 0 saturated carbocycles. The second-order valence-electron chi connectivity index (χ2n) is 3.92. The largest absolute Gasteiger partial charge is 0.469 e. The number of aromatic nitrogens is 2. The SMILES string of the molecule is O=P(O)(O)OC[C@H]1O[C@@H]([n+]2cccnc2)C[C@@H]1O. The standard InChI is InChI=1S/C9H13N2O6P/c12-7-4-9(11-3-1-2-10-6-11)17-8(7)5-16-18(13,14)15/h1-3,6-9,12H,4-5H2,(H-,13,14,15)/p+1/t7-,8+,9+/m0/s1. The molecule has 1 aromatic heterocycles. The molecule has 1 saturated heterocycles. The summed E-state index contributed by atoms with van der Waals surface area (Å²) in [4.78, 5) is 21.1. The first-order valence-electron chi connectivity index (χ1n) is 5.30. The number of phosphoric ester groups is 1. The molecule has 0 amide bonds. The summed E-state index contributed by atoms with van der Waals surface area (Å²) in [6.07, 6.45) is 3.17. The van der Waals surface area contributed by atoms with Crippen LogP contribution in [0.15, 0.2) is 24.8 Å². The molecule has 3 N–H and O–H groups in total. The van der Waals surface area contributed by atoms with Crippen LogP contribution in [0.4, 0.5) is 0 Å². The maximum absolute atomic E-state index is 10.6. The molecule has 1 fully saturated rings. The second-order valence-corrected chi connectivity index (χ2v) is 5.16. The lowest BCUT2D eigenvalue weighted by Gasteiger charge is -2.14. The Morgan fingerprint density at radius 2 is 2.33 bits per heavy atom. The van der Waals surface area contributed by atoms with E-state index in [1.165, 1.54) is 0 Å². The zero-order valence-electron chi connectivity index (χ0n) is 9.36. The molecule has 0 radical (unpaired) electrons. The van der Waals surface area contributed by atoms with Crippen LogP contribution in [0, 0.1) is 0 Å². The monoisotopic (exact) mass is 277 g/mol. The summed E-state index contributed by atoms with van der Waals surface area (Å²) in [5.41, 5.74) is 0. The van der Waals surface area contributed by atoms with Crippen molar-refractivity contribution in [2.24, 2.45) is 0 Å². The Bertz CT molecular complexity index is 438. The molecule has 0 aliphatic carbocycles. The van der Waals surface area contributed by atoms with Gasteiger partial charge in [0.25, 0.3) is 6.33 Å². The van der Waals surface area contributed by atoms with Crippen LogP contribution in [0.1, 0.15) is 12.6 Å². The second kappa shape index (κ2) is 5.40. The van der Waals surface area contributed by atoms with Gasteiger partial charge in [-0.15, -0.1) is 0 Å². The van der Waals surface area contributed by atoms with Gasteiger partial charge in [0, 0.05) is 12.5 Å². The van der Waals surface area contributed by atoms with Gasteiger partial charge in [0.15, 0.2) is 0 Å². The van der Waals surface area contributed by atoms with Crippen molar-refractivity contribution in [1.82, 2.24) is 4.98 Å². The lowest BCUT2D eigenvalue weighted by atomic mass is 10.2. The zero-order chi connectivity index (χ0) is 13.2. The van der Waals surface area contributed by atoms with E-state index in [0.717, 1.165) is 0 Å². The molecule has 0 aromatic carbocycles. The van der Waals surface area contributed by atoms with E-state index < -0.39 is 26.3 Å². The minimum atomic E-state index is -4.55. The summed E-state index contributed by atoms with van der Waals surface area (Å²) in [6.45, 7) is -0.358. The normalized spacial score (nSPS) is 28.5. The van der Waals surface area contributed by atoms with E-state index in [-0.39, 0.29) is 6.61 Å². The van der Waals surface area contributed by atoms with E-state index in [0.29, 0.717) is 6.42 Å². The van der Waals surface area contributed by atoms with Gasteiger partial charge in [-0.3, -0.25) is 4.52 Å². The summed E-state index contributed by atoms with van der Waals surface area (Å²) in [5.74, 6) is 0. The van der Waals surface area contributed by atoms with Gasteiger partial charge in [-0.05, 0) is 0 Å².